The first-order valence-electron chi connectivity index (χ1n) is 7.33. The van der Waals surface area contributed by atoms with Gasteiger partial charge in [0.1, 0.15) is 0 Å². The maximum Gasteiger partial charge on any atom is 0.226 e. The van der Waals surface area contributed by atoms with E-state index >= 15 is 0 Å². The maximum atomic E-state index is 12.0. The molecule has 22 heavy (non-hydrogen) atoms. The van der Waals surface area contributed by atoms with Gasteiger partial charge in [0.15, 0.2) is 5.82 Å². The topological polar surface area (TPSA) is 46.9 Å². The molecule has 0 saturated carbocycles. The monoisotopic (exact) mass is 337 g/mol. The second kappa shape index (κ2) is 5.94. The fourth-order valence-electron chi connectivity index (χ4n) is 2.98. The van der Waals surface area contributed by atoms with Gasteiger partial charge in [-0.05, 0) is 31.0 Å². The Bertz CT molecular complexity index is 739. The summed E-state index contributed by atoms with van der Waals surface area (Å²) in [6.45, 7) is 4.99. The average Bonchev–Trinajstić information content (AvgIpc) is 2.78. The summed E-state index contributed by atoms with van der Waals surface area (Å²) in [4.78, 5) is 12.0. The molecular formula is C16H17Cl2N3O. The SMILES string of the molecule is CCCn1nc2c(c1C)C(c1ccc(Cl)c(Cl)c1)CC(=O)N2. The molecule has 0 saturated heterocycles. The van der Waals surface area contributed by atoms with Gasteiger partial charge < -0.3 is 5.32 Å². The van der Waals surface area contributed by atoms with Crippen molar-refractivity contribution in [3.8, 4) is 0 Å². The van der Waals surface area contributed by atoms with Gasteiger partial charge in [-0.15, -0.1) is 0 Å². The standard InChI is InChI=1S/C16H17Cl2N3O/c1-3-6-21-9(2)15-11(8-14(22)19-16(15)20-21)10-4-5-12(17)13(18)7-10/h4-5,7,11H,3,6,8H2,1-2H3,(H,19,20,22). The zero-order chi connectivity index (χ0) is 15.9. The fourth-order valence-corrected chi connectivity index (χ4v) is 3.29. The number of hydrogen-bond donors (Lipinski definition) is 1. The molecule has 4 nitrogen and oxygen atoms in total. The number of rotatable bonds is 3. The van der Waals surface area contributed by atoms with Crippen molar-refractivity contribution in [1.29, 1.82) is 0 Å². The van der Waals surface area contributed by atoms with Crippen LogP contribution in [-0.2, 0) is 11.3 Å². The first-order valence-corrected chi connectivity index (χ1v) is 8.09. The molecule has 1 atom stereocenters. The maximum absolute atomic E-state index is 12.0. The number of benzene rings is 1. The van der Waals surface area contributed by atoms with E-state index in [1.807, 2.05) is 23.7 Å². The van der Waals surface area contributed by atoms with E-state index in [4.69, 9.17) is 23.2 Å². The van der Waals surface area contributed by atoms with Crippen LogP contribution in [0.4, 0.5) is 5.82 Å². The molecule has 2 heterocycles. The second-order valence-corrected chi connectivity index (χ2v) is 6.36. The van der Waals surface area contributed by atoms with Crippen LogP contribution in [0.5, 0.6) is 0 Å². The Labute approximate surface area is 139 Å². The molecule has 0 radical (unpaired) electrons. The van der Waals surface area contributed by atoms with Gasteiger partial charge in [0.05, 0.1) is 10.0 Å². The number of hydrogen-bond acceptors (Lipinski definition) is 2. The molecule has 0 bridgehead atoms. The Morgan fingerprint density at radius 2 is 2.14 bits per heavy atom. The van der Waals surface area contributed by atoms with Gasteiger partial charge in [-0.2, -0.15) is 5.10 Å². The van der Waals surface area contributed by atoms with Crippen molar-refractivity contribution >= 4 is 34.9 Å². The fraction of sp³-hybridized carbons (Fsp3) is 0.375. The van der Waals surface area contributed by atoms with Crippen LogP contribution in [0.2, 0.25) is 10.0 Å². The van der Waals surface area contributed by atoms with Crippen LogP contribution in [0.15, 0.2) is 18.2 Å². The Hall–Kier alpha value is -1.52. The van der Waals surface area contributed by atoms with Gasteiger partial charge in [0.25, 0.3) is 0 Å². The lowest BCUT2D eigenvalue weighted by molar-refractivity contribution is -0.116. The summed E-state index contributed by atoms with van der Waals surface area (Å²) in [5.74, 6) is 0.604. The van der Waals surface area contributed by atoms with Crippen molar-refractivity contribution < 1.29 is 4.79 Å². The van der Waals surface area contributed by atoms with Crippen molar-refractivity contribution in [3.63, 3.8) is 0 Å². The number of anilines is 1. The number of nitrogens with one attached hydrogen (secondary N) is 1. The highest BCUT2D eigenvalue weighted by Gasteiger charge is 2.31. The summed E-state index contributed by atoms with van der Waals surface area (Å²) in [6.07, 6.45) is 1.39. The predicted molar refractivity (Wildman–Crippen MR) is 88.8 cm³/mol. The lowest BCUT2D eigenvalue weighted by Crippen LogP contribution is -2.23. The molecule has 0 fully saturated rings. The van der Waals surface area contributed by atoms with E-state index < -0.39 is 0 Å². The van der Waals surface area contributed by atoms with E-state index in [1.165, 1.54) is 0 Å². The summed E-state index contributed by atoms with van der Waals surface area (Å²) in [7, 11) is 0. The number of aryl methyl sites for hydroxylation is 1. The van der Waals surface area contributed by atoms with Gasteiger partial charge in [-0.1, -0.05) is 36.2 Å². The first-order chi connectivity index (χ1) is 10.5. The van der Waals surface area contributed by atoms with Crippen molar-refractivity contribution in [1.82, 2.24) is 9.78 Å². The summed E-state index contributed by atoms with van der Waals surface area (Å²) >= 11 is 12.1. The van der Waals surface area contributed by atoms with Crippen LogP contribution >= 0.6 is 23.2 Å². The van der Waals surface area contributed by atoms with E-state index in [0.717, 1.165) is 29.8 Å². The van der Waals surface area contributed by atoms with Crippen LogP contribution in [-0.4, -0.2) is 15.7 Å². The van der Waals surface area contributed by atoms with Crippen molar-refractivity contribution in [2.75, 3.05) is 5.32 Å². The Morgan fingerprint density at radius 1 is 1.36 bits per heavy atom. The number of carbonyl (C=O) groups excluding carboxylic acids is 1. The van der Waals surface area contributed by atoms with Crippen LogP contribution in [0.25, 0.3) is 0 Å². The highest BCUT2D eigenvalue weighted by Crippen LogP contribution is 2.40. The normalized spacial score (nSPS) is 17.3. The largest absolute Gasteiger partial charge is 0.309 e. The molecule has 1 unspecified atom stereocenters. The lowest BCUT2D eigenvalue weighted by Gasteiger charge is -2.23. The molecule has 1 N–H and O–H groups in total. The van der Waals surface area contributed by atoms with Gasteiger partial charge in [0, 0.05) is 30.1 Å². The molecule has 1 aliphatic rings. The molecule has 1 aliphatic heterocycles. The third kappa shape index (κ3) is 2.61. The number of halogens is 2. The Kier molecular flexibility index (Phi) is 4.15. The van der Waals surface area contributed by atoms with Crippen molar-refractivity contribution in [2.24, 2.45) is 0 Å². The summed E-state index contributed by atoms with van der Waals surface area (Å²) < 4.78 is 1.96. The molecule has 2 aromatic rings. The van der Waals surface area contributed by atoms with Crippen molar-refractivity contribution in [2.45, 2.75) is 39.2 Å². The first kappa shape index (κ1) is 15.4. The smallest absolute Gasteiger partial charge is 0.226 e. The van der Waals surface area contributed by atoms with Crippen LogP contribution in [0.1, 0.15) is 42.5 Å². The molecule has 6 heteroatoms. The number of fused-ring (bicyclic) bond motifs is 1. The third-order valence-corrected chi connectivity index (χ3v) is 4.77. The zero-order valence-corrected chi connectivity index (χ0v) is 14.0. The van der Waals surface area contributed by atoms with Crippen molar-refractivity contribution in [3.05, 3.63) is 45.1 Å². The van der Waals surface area contributed by atoms with Gasteiger partial charge in [-0.25, -0.2) is 0 Å². The molecule has 0 spiro atoms. The number of amides is 1. The second-order valence-electron chi connectivity index (χ2n) is 5.55. The van der Waals surface area contributed by atoms with Crippen LogP contribution in [0.3, 0.4) is 0 Å². The predicted octanol–water partition coefficient (Wildman–Crippen LogP) is 4.38. The number of nitrogens with zero attached hydrogens (tertiary/aromatic N) is 2. The minimum absolute atomic E-state index is 0.0234. The molecular weight excluding hydrogens is 321 g/mol. The summed E-state index contributed by atoms with van der Waals surface area (Å²) in [6, 6.07) is 5.54. The average molecular weight is 338 g/mol. The van der Waals surface area contributed by atoms with E-state index in [-0.39, 0.29) is 11.8 Å². The molecule has 1 amide bonds. The molecule has 116 valence electrons. The Morgan fingerprint density at radius 3 is 2.82 bits per heavy atom. The minimum atomic E-state index is -0.0378. The van der Waals surface area contributed by atoms with E-state index in [2.05, 4.69) is 17.3 Å². The Balaban J connectivity index is 2.10. The minimum Gasteiger partial charge on any atom is -0.309 e. The molecule has 1 aromatic carbocycles. The van der Waals surface area contributed by atoms with E-state index in [1.54, 1.807) is 6.07 Å². The number of aromatic nitrogens is 2. The van der Waals surface area contributed by atoms with Crippen LogP contribution in [0, 0.1) is 6.92 Å². The summed E-state index contributed by atoms with van der Waals surface area (Å²) in [5.41, 5.74) is 3.16. The highest BCUT2D eigenvalue weighted by atomic mass is 35.5. The molecule has 3 rings (SSSR count). The third-order valence-electron chi connectivity index (χ3n) is 4.03. The quantitative estimate of drug-likeness (QED) is 0.903. The highest BCUT2D eigenvalue weighted by molar-refractivity contribution is 6.42. The van der Waals surface area contributed by atoms with Gasteiger partial charge in [-0.3, -0.25) is 9.48 Å². The van der Waals surface area contributed by atoms with E-state index in [0.29, 0.717) is 22.3 Å². The molecule has 1 aromatic heterocycles. The summed E-state index contributed by atoms with van der Waals surface area (Å²) in [5, 5.41) is 8.43. The van der Waals surface area contributed by atoms with Crippen LogP contribution < -0.4 is 5.32 Å². The molecule has 0 aliphatic carbocycles. The van der Waals surface area contributed by atoms with Gasteiger partial charge >= 0.3 is 0 Å². The zero-order valence-electron chi connectivity index (χ0n) is 12.5. The van der Waals surface area contributed by atoms with E-state index in [9.17, 15) is 4.79 Å². The number of carbonyl (C=O) groups is 1. The van der Waals surface area contributed by atoms with Gasteiger partial charge in [0.2, 0.25) is 5.91 Å². The lowest BCUT2D eigenvalue weighted by atomic mass is 9.86.